The fraction of sp³-hybridized carbons (Fsp3) is 0.421. The lowest BCUT2D eigenvalue weighted by molar-refractivity contribution is -0.153. The van der Waals surface area contributed by atoms with Crippen molar-refractivity contribution in [2.24, 2.45) is 11.3 Å². The molecular formula is C19H19NO6. The lowest BCUT2D eigenvalue weighted by Gasteiger charge is -2.36. The molecule has 1 N–H and O–H groups in total. The molecule has 7 nitrogen and oxygen atoms in total. The Labute approximate surface area is 150 Å². The highest BCUT2D eigenvalue weighted by Gasteiger charge is 2.78. The lowest BCUT2D eigenvalue weighted by atomic mass is 9.62. The van der Waals surface area contributed by atoms with Crippen LogP contribution < -0.4 is 0 Å². The number of benzene rings is 1. The van der Waals surface area contributed by atoms with Crippen LogP contribution in [0.2, 0.25) is 0 Å². The third kappa shape index (κ3) is 1.89. The zero-order chi connectivity index (χ0) is 18.7. The van der Waals surface area contributed by atoms with Crippen molar-refractivity contribution in [1.82, 2.24) is 4.90 Å². The summed E-state index contributed by atoms with van der Waals surface area (Å²) < 4.78 is 10.9. The van der Waals surface area contributed by atoms with E-state index in [-0.39, 0.29) is 18.0 Å². The number of aliphatic carboxylic acids is 1. The van der Waals surface area contributed by atoms with Crippen molar-refractivity contribution in [1.29, 1.82) is 0 Å². The van der Waals surface area contributed by atoms with Gasteiger partial charge in [0.25, 0.3) is 0 Å². The molecule has 3 aliphatic rings. The first kappa shape index (κ1) is 16.8. The van der Waals surface area contributed by atoms with E-state index in [9.17, 15) is 19.5 Å². The Morgan fingerprint density at radius 3 is 2.65 bits per heavy atom. The second-order valence-electron chi connectivity index (χ2n) is 7.15. The first-order valence-corrected chi connectivity index (χ1v) is 8.39. The van der Waals surface area contributed by atoms with E-state index in [1.165, 1.54) is 13.2 Å². The smallest absolute Gasteiger partial charge is 0.336 e. The Bertz CT molecular complexity index is 834. The third-order valence-electron chi connectivity index (χ3n) is 5.93. The number of carbonyl (C=O) groups is 3. The number of ether oxygens (including phenoxy) is 2. The van der Waals surface area contributed by atoms with Crippen molar-refractivity contribution in [3.8, 4) is 0 Å². The predicted molar refractivity (Wildman–Crippen MR) is 88.8 cm³/mol. The van der Waals surface area contributed by atoms with Crippen LogP contribution in [0.4, 0.5) is 0 Å². The maximum atomic E-state index is 13.3. The predicted octanol–water partition coefficient (Wildman–Crippen LogP) is 0.986. The Balaban J connectivity index is 1.78. The van der Waals surface area contributed by atoms with Crippen LogP contribution >= 0.6 is 0 Å². The van der Waals surface area contributed by atoms with Crippen LogP contribution in [0.3, 0.4) is 0 Å². The number of nitrogens with zero attached hydrogens (tertiary/aromatic N) is 1. The highest BCUT2D eigenvalue weighted by atomic mass is 16.5. The molecule has 7 heteroatoms. The second-order valence-corrected chi connectivity index (χ2v) is 7.15. The Morgan fingerprint density at radius 1 is 1.35 bits per heavy atom. The molecule has 0 saturated carbocycles. The van der Waals surface area contributed by atoms with Crippen LogP contribution in [0.25, 0.3) is 0 Å². The average Bonchev–Trinajstić information content (AvgIpc) is 3.18. The monoisotopic (exact) mass is 357 g/mol. The molecule has 4 atom stereocenters. The van der Waals surface area contributed by atoms with E-state index in [1.807, 2.05) is 30.3 Å². The van der Waals surface area contributed by atoms with Gasteiger partial charge in [0.15, 0.2) is 0 Å². The first-order valence-electron chi connectivity index (χ1n) is 8.39. The molecule has 2 bridgehead atoms. The van der Waals surface area contributed by atoms with Gasteiger partial charge in [0.2, 0.25) is 5.91 Å². The van der Waals surface area contributed by atoms with Gasteiger partial charge >= 0.3 is 11.9 Å². The molecule has 1 spiro atoms. The number of likely N-dealkylation sites (tertiary alicyclic amines) is 1. The van der Waals surface area contributed by atoms with Crippen LogP contribution in [0.5, 0.6) is 0 Å². The molecule has 26 heavy (non-hydrogen) atoms. The number of carboxylic acids is 1. The van der Waals surface area contributed by atoms with Crippen molar-refractivity contribution in [3.05, 3.63) is 47.5 Å². The zero-order valence-corrected chi connectivity index (χ0v) is 14.5. The quantitative estimate of drug-likeness (QED) is 0.808. The molecule has 3 aliphatic heterocycles. The van der Waals surface area contributed by atoms with Crippen LogP contribution in [-0.4, -0.2) is 53.2 Å². The number of rotatable bonds is 4. The minimum Gasteiger partial charge on any atom is -0.481 e. The number of hydrogen-bond acceptors (Lipinski definition) is 5. The van der Waals surface area contributed by atoms with Crippen LogP contribution in [0, 0.1) is 11.3 Å². The van der Waals surface area contributed by atoms with Crippen LogP contribution in [0.15, 0.2) is 42.0 Å². The van der Waals surface area contributed by atoms with Gasteiger partial charge in [-0.05, 0) is 18.6 Å². The molecule has 1 aromatic rings. The van der Waals surface area contributed by atoms with Gasteiger partial charge in [0.1, 0.15) is 11.5 Å². The molecular weight excluding hydrogens is 338 g/mol. The molecule has 0 aromatic heterocycles. The van der Waals surface area contributed by atoms with E-state index in [1.54, 1.807) is 11.8 Å². The van der Waals surface area contributed by atoms with Crippen LogP contribution in [0.1, 0.15) is 12.5 Å². The van der Waals surface area contributed by atoms with Gasteiger partial charge in [-0.15, -0.1) is 0 Å². The van der Waals surface area contributed by atoms with Gasteiger partial charge < -0.3 is 19.5 Å². The minimum absolute atomic E-state index is 0.123. The molecule has 0 radical (unpaired) electrons. The maximum Gasteiger partial charge on any atom is 0.336 e. The number of carboxylic acid groups (broad SMARTS) is 1. The lowest BCUT2D eigenvalue weighted by Crippen LogP contribution is -2.53. The molecule has 1 amide bonds. The largest absolute Gasteiger partial charge is 0.481 e. The van der Waals surface area contributed by atoms with Gasteiger partial charge in [-0.1, -0.05) is 30.3 Å². The van der Waals surface area contributed by atoms with Gasteiger partial charge in [0.05, 0.1) is 30.7 Å². The summed E-state index contributed by atoms with van der Waals surface area (Å²) in [6, 6.07) is 9.42. The molecule has 0 aliphatic carbocycles. The Morgan fingerprint density at radius 2 is 2.04 bits per heavy atom. The highest BCUT2D eigenvalue weighted by molar-refractivity contribution is 6.01. The molecule has 0 unspecified atom stereocenters. The van der Waals surface area contributed by atoms with Gasteiger partial charge in [-0.3, -0.25) is 9.59 Å². The number of hydrogen-bond donors (Lipinski definition) is 1. The normalized spacial score (nSPS) is 34.6. The van der Waals surface area contributed by atoms with E-state index in [0.717, 1.165) is 5.56 Å². The summed E-state index contributed by atoms with van der Waals surface area (Å²) in [7, 11) is 1.26. The van der Waals surface area contributed by atoms with Crippen molar-refractivity contribution >= 4 is 17.8 Å². The van der Waals surface area contributed by atoms with E-state index in [2.05, 4.69) is 0 Å². The van der Waals surface area contributed by atoms with E-state index < -0.39 is 35.0 Å². The average molecular weight is 357 g/mol. The summed E-state index contributed by atoms with van der Waals surface area (Å²) in [6.07, 6.45) is 0.695. The SMILES string of the molecule is COC(=O)C1=C[C@H]2O[C@@]13CN(Cc1ccccc1)C(=O)[C@]3(C)[C@@H]2C(=O)O. The summed E-state index contributed by atoms with van der Waals surface area (Å²) in [5.41, 5.74) is -1.48. The minimum atomic E-state index is -1.35. The summed E-state index contributed by atoms with van der Waals surface area (Å²) in [4.78, 5) is 39.0. The molecule has 136 valence electrons. The molecule has 3 heterocycles. The zero-order valence-electron chi connectivity index (χ0n) is 14.5. The number of esters is 1. The van der Waals surface area contributed by atoms with Crippen molar-refractivity contribution in [3.63, 3.8) is 0 Å². The first-order chi connectivity index (χ1) is 12.3. The Kier molecular flexibility index (Phi) is 3.49. The highest BCUT2D eigenvalue weighted by Crippen LogP contribution is 2.63. The number of fused-ring (bicyclic) bond motifs is 1. The van der Waals surface area contributed by atoms with Gasteiger partial charge in [-0.25, -0.2) is 4.79 Å². The topological polar surface area (TPSA) is 93.1 Å². The summed E-state index contributed by atoms with van der Waals surface area (Å²) >= 11 is 0. The van der Waals surface area contributed by atoms with E-state index in [0.29, 0.717) is 6.54 Å². The van der Waals surface area contributed by atoms with Crippen molar-refractivity contribution in [2.75, 3.05) is 13.7 Å². The standard InChI is InChI=1S/C19H19NO6/c1-18-14(15(21)22)13-8-12(16(23)25-2)19(18,26-13)10-20(17(18)24)9-11-6-4-3-5-7-11/h3-8,13-14H,9-10H2,1-2H3,(H,21,22)/t13-,14+,18+,19+/m1/s1. The third-order valence-corrected chi connectivity index (χ3v) is 5.93. The Hall–Kier alpha value is -2.67. The van der Waals surface area contributed by atoms with Gasteiger partial charge in [-0.2, -0.15) is 0 Å². The van der Waals surface area contributed by atoms with Crippen molar-refractivity contribution < 1.29 is 29.0 Å². The molecule has 1 aromatic carbocycles. The molecule has 2 saturated heterocycles. The number of carbonyl (C=O) groups excluding carboxylic acids is 2. The fourth-order valence-electron chi connectivity index (χ4n) is 4.70. The fourth-order valence-corrected chi connectivity index (χ4v) is 4.70. The summed E-state index contributed by atoms with van der Waals surface area (Å²) in [5, 5.41) is 9.72. The summed E-state index contributed by atoms with van der Waals surface area (Å²) in [5.74, 6) is -3.04. The summed E-state index contributed by atoms with van der Waals surface area (Å²) in [6.45, 7) is 2.04. The maximum absolute atomic E-state index is 13.3. The second kappa shape index (κ2) is 5.41. The van der Waals surface area contributed by atoms with Crippen LogP contribution in [-0.2, 0) is 30.4 Å². The van der Waals surface area contributed by atoms with E-state index in [4.69, 9.17) is 9.47 Å². The van der Waals surface area contributed by atoms with Gasteiger partial charge in [0, 0.05) is 6.54 Å². The molecule has 2 fully saturated rings. The number of methoxy groups -OCH3 is 1. The van der Waals surface area contributed by atoms with E-state index >= 15 is 0 Å². The van der Waals surface area contributed by atoms with Crippen molar-refractivity contribution in [2.45, 2.75) is 25.2 Å². The number of amides is 1. The molecule has 4 rings (SSSR count).